The second-order valence-corrected chi connectivity index (χ2v) is 4.50. The molecule has 2 N–H and O–H groups in total. The summed E-state index contributed by atoms with van der Waals surface area (Å²) in [5.74, 6) is -4.13. The number of hydrogen-bond acceptors (Lipinski definition) is 2. The molecule has 3 nitrogen and oxygen atoms in total. The lowest BCUT2D eigenvalue weighted by molar-refractivity contribution is -0.138. The van der Waals surface area contributed by atoms with Crippen LogP contribution in [0.5, 0.6) is 0 Å². The fourth-order valence-corrected chi connectivity index (χ4v) is 1.08. The average molecular weight is 386 g/mol. The SMILES string of the molecule is C/C=C(/I)C(F)(F)CNCC(=O)NCC(F)(F)F. The van der Waals surface area contributed by atoms with Crippen LogP contribution < -0.4 is 10.6 Å². The van der Waals surface area contributed by atoms with E-state index in [1.807, 2.05) is 0 Å². The number of nitrogens with one attached hydrogen (secondary N) is 2. The van der Waals surface area contributed by atoms with Crippen LogP contribution in [0, 0.1) is 0 Å². The summed E-state index contributed by atoms with van der Waals surface area (Å²) in [6.45, 7) is -1.45. The first-order valence-electron chi connectivity index (χ1n) is 4.83. The summed E-state index contributed by atoms with van der Waals surface area (Å²) in [5, 5.41) is 3.67. The normalized spacial score (nSPS) is 13.6. The van der Waals surface area contributed by atoms with Crippen molar-refractivity contribution in [1.29, 1.82) is 0 Å². The Labute approximate surface area is 114 Å². The standard InChI is InChI=1S/C9H12F5IN2O/c1-2-6(15)8(10,11)4-16-3-7(18)17-5-9(12,13)14/h2,16H,3-5H2,1H3,(H,17,18)/b6-2+. The van der Waals surface area contributed by atoms with Crippen LogP contribution in [0.25, 0.3) is 0 Å². The van der Waals surface area contributed by atoms with Crippen LogP contribution in [-0.4, -0.2) is 37.6 Å². The van der Waals surface area contributed by atoms with Crippen molar-refractivity contribution >= 4 is 28.5 Å². The molecule has 0 aromatic rings. The largest absolute Gasteiger partial charge is 0.405 e. The van der Waals surface area contributed by atoms with E-state index < -0.39 is 37.6 Å². The van der Waals surface area contributed by atoms with Crippen molar-refractivity contribution in [2.75, 3.05) is 19.6 Å². The highest BCUT2D eigenvalue weighted by molar-refractivity contribution is 14.1. The lowest BCUT2D eigenvalue weighted by atomic mass is 10.3. The number of carbonyl (C=O) groups excluding carboxylic acids is 1. The Hall–Kier alpha value is -0.450. The Morgan fingerprint density at radius 2 is 1.78 bits per heavy atom. The molecular formula is C9H12F5IN2O. The van der Waals surface area contributed by atoms with Crippen LogP contribution in [-0.2, 0) is 4.79 Å². The van der Waals surface area contributed by atoms with Gasteiger partial charge in [0.05, 0.1) is 16.7 Å². The molecule has 0 aromatic carbocycles. The Bertz CT molecular complexity index is 317. The molecule has 0 saturated carbocycles. The molecule has 106 valence electrons. The number of alkyl halides is 5. The first-order chi connectivity index (χ1) is 8.08. The zero-order valence-corrected chi connectivity index (χ0v) is 11.5. The van der Waals surface area contributed by atoms with Gasteiger partial charge in [-0.2, -0.15) is 22.0 Å². The molecule has 18 heavy (non-hydrogen) atoms. The number of allylic oxidation sites excluding steroid dienone is 1. The molecule has 0 aromatic heterocycles. The highest BCUT2D eigenvalue weighted by atomic mass is 127. The smallest absolute Gasteiger partial charge is 0.346 e. The minimum absolute atomic E-state index is 0.205. The summed E-state index contributed by atoms with van der Waals surface area (Å²) in [6.07, 6.45) is -3.30. The third-order valence-corrected chi connectivity index (χ3v) is 3.13. The Balaban J connectivity index is 3.95. The molecule has 0 spiro atoms. The highest BCUT2D eigenvalue weighted by Crippen LogP contribution is 2.28. The van der Waals surface area contributed by atoms with Gasteiger partial charge in [0.1, 0.15) is 6.54 Å². The third kappa shape index (κ3) is 7.80. The second kappa shape index (κ2) is 7.22. The van der Waals surface area contributed by atoms with Crippen molar-refractivity contribution in [3.05, 3.63) is 9.66 Å². The van der Waals surface area contributed by atoms with Gasteiger partial charge in [-0.15, -0.1) is 0 Å². The lowest BCUT2D eigenvalue weighted by Gasteiger charge is -2.16. The van der Waals surface area contributed by atoms with Crippen LogP contribution in [0.15, 0.2) is 9.66 Å². The van der Waals surface area contributed by atoms with Gasteiger partial charge < -0.3 is 10.6 Å². The lowest BCUT2D eigenvalue weighted by Crippen LogP contribution is -2.42. The van der Waals surface area contributed by atoms with Crippen LogP contribution in [0.4, 0.5) is 22.0 Å². The Morgan fingerprint density at radius 3 is 2.22 bits per heavy atom. The van der Waals surface area contributed by atoms with E-state index >= 15 is 0 Å². The molecule has 0 rings (SSSR count). The van der Waals surface area contributed by atoms with Gasteiger partial charge in [0.15, 0.2) is 0 Å². The molecule has 0 bridgehead atoms. The van der Waals surface area contributed by atoms with Crippen LogP contribution >= 0.6 is 22.6 Å². The van der Waals surface area contributed by atoms with E-state index in [1.54, 1.807) is 5.32 Å². The molecule has 9 heteroatoms. The second-order valence-electron chi connectivity index (χ2n) is 3.34. The molecule has 0 atom stereocenters. The van der Waals surface area contributed by atoms with Crippen molar-refractivity contribution in [2.24, 2.45) is 0 Å². The van der Waals surface area contributed by atoms with Gasteiger partial charge in [0, 0.05) is 0 Å². The molecule has 0 unspecified atom stereocenters. The van der Waals surface area contributed by atoms with E-state index in [0.29, 0.717) is 0 Å². The molecule has 0 radical (unpaired) electrons. The van der Waals surface area contributed by atoms with Crippen molar-refractivity contribution in [3.63, 3.8) is 0 Å². The third-order valence-electron chi connectivity index (χ3n) is 1.72. The van der Waals surface area contributed by atoms with Gasteiger partial charge in [-0.3, -0.25) is 4.79 Å². The summed E-state index contributed by atoms with van der Waals surface area (Å²) in [5.41, 5.74) is 0. The highest BCUT2D eigenvalue weighted by Gasteiger charge is 2.32. The topological polar surface area (TPSA) is 41.1 Å². The van der Waals surface area contributed by atoms with E-state index in [9.17, 15) is 26.7 Å². The molecular weight excluding hydrogens is 374 g/mol. The maximum atomic E-state index is 13.2. The zero-order chi connectivity index (χ0) is 14.4. The summed E-state index contributed by atoms with van der Waals surface area (Å²) in [4.78, 5) is 10.9. The van der Waals surface area contributed by atoms with Gasteiger partial charge in [-0.05, 0) is 29.5 Å². The Morgan fingerprint density at radius 1 is 1.22 bits per heavy atom. The average Bonchev–Trinajstić information content (AvgIpc) is 2.24. The quantitative estimate of drug-likeness (QED) is 0.543. The fourth-order valence-electron chi connectivity index (χ4n) is 0.890. The number of hydrogen-bond donors (Lipinski definition) is 2. The summed E-state index contributed by atoms with van der Waals surface area (Å²) in [7, 11) is 0. The first kappa shape index (κ1) is 17.6. The van der Waals surface area contributed by atoms with Gasteiger partial charge >= 0.3 is 6.18 Å². The van der Waals surface area contributed by atoms with E-state index in [-0.39, 0.29) is 3.58 Å². The molecule has 0 saturated heterocycles. The minimum atomic E-state index is -4.51. The van der Waals surface area contributed by atoms with Crippen molar-refractivity contribution in [1.82, 2.24) is 10.6 Å². The van der Waals surface area contributed by atoms with Gasteiger partial charge in [0.25, 0.3) is 5.92 Å². The van der Waals surface area contributed by atoms with Crippen molar-refractivity contribution in [3.8, 4) is 0 Å². The first-order valence-corrected chi connectivity index (χ1v) is 5.90. The molecule has 0 heterocycles. The summed E-state index contributed by atoms with van der Waals surface area (Å²) in [6, 6.07) is 0. The monoisotopic (exact) mass is 386 g/mol. The van der Waals surface area contributed by atoms with E-state index in [2.05, 4.69) is 5.32 Å². The predicted molar refractivity (Wildman–Crippen MR) is 64.7 cm³/mol. The van der Waals surface area contributed by atoms with Gasteiger partial charge in [-0.1, -0.05) is 6.08 Å². The number of carbonyl (C=O) groups is 1. The van der Waals surface area contributed by atoms with Crippen LogP contribution in [0.1, 0.15) is 6.92 Å². The molecule has 0 aliphatic heterocycles. The Kier molecular flexibility index (Phi) is 7.04. The molecule has 0 fully saturated rings. The van der Waals surface area contributed by atoms with Gasteiger partial charge in [-0.25, -0.2) is 0 Å². The predicted octanol–water partition coefficient (Wildman–Crippen LogP) is 2.23. The van der Waals surface area contributed by atoms with E-state index in [0.717, 1.165) is 0 Å². The number of rotatable bonds is 6. The number of halogens is 6. The van der Waals surface area contributed by atoms with Crippen LogP contribution in [0.2, 0.25) is 0 Å². The maximum absolute atomic E-state index is 13.2. The molecule has 0 aliphatic rings. The fraction of sp³-hybridized carbons (Fsp3) is 0.667. The van der Waals surface area contributed by atoms with Crippen LogP contribution in [0.3, 0.4) is 0 Å². The molecule has 0 aliphatic carbocycles. The number of amides is 1. The van der Waals surface area contributed by atoms with E-state index in [1.165, 1.54) is 35.6 Å². The zero-order valence-electron chi connectivity index (χ0n) is 9.37. The molecule has 1 amide bonds. The maximum Gasteiger partial charge on any atom is 0.405 e. The van der Waals surface area contributed by atoms with Crippen molar-refractivity contribution in [2.45, 2.75) is 19.0 Å². The van der Waals surface area contributed by atoms with Crippen molar-refractivity contribution < 1.29 is 26.7 Å². The minimum Gasteiger partial charge on any atom is -0.346 e. The van der Waals surface area contributed by atoms with E-state index in [4.69, 9.17) is 0 Å². The van der Waals surface area contributed by atoms with Gasteiger partial charge in [0.2, 0.25) is 5.91 Å². The summed E-state index contributed by atoms with van der Waals surface area (Å²) >= 11 is 1.45. The summed E-state index contributed by atoms with van der Waals surface area (Å²) < 4.78 is 61.3.